The van der Waals surface area contributed by atoms with Crippen LogP contribution in [0.15, 0.2) is 53.3 Å². The molecule has 1 atom stereocenters. The van der Waals surface area contributed by atoms with Gasteiger partial charge in [0.05, 0.1) is 7.11 Å². The predicted molar refractivity (Wildman–Crippen MR) is 106 cm³/mol. The number of rotatable bonds is 8. The van der Waals surface area contributed by atoms with Crippen LogP contribution in [0.3, 0.4) is 0 Å². The second-order valence-electron chi connectivity index (χ2n) is 6.46. The van der Waals surface area contributed by atoms with E-state index in [9.17, 15) is 9.90 Å². The van der Waals surface area contributed by atoms with Gasteiger partial charge in [-0.3, -0.25) is 4.79 Å². The molecule has 0 unspecified atom stereocenters. The lowest BCUT2D eigenvalue weighted by Crippen LogP contribution is -2.32. The van der Waals surface area contributed by atoms with Gasteiger partial charge in [0.25, 0.3) is 5.56 Å². The molecular weight excluding hydrogens is 344 g/mol. The summed E-state index contributed by atoms with van der Waals surface area (Å²) in [6.07, 6.45) is -0.711. The van der Waals surface area contributed by atoms with Crippen molar-refractivity contribution in [3.63, 3.8) is 0 Å². The number of para-hydroxylation sites is 2. The third-order valence-corrected chi connectivity index (χ3v) is 4.27. The Kier molecular flexibility index (Phi) is 6.11. The van der Waals surface area contributed by atoms with E-state index in [1.807, 2.05) is 43.3 Å². The normalized spacial score (nSPS) is 12.1. The van der Waals surface area contributed by atoms with Crippen molar-refractivity contribution in [2.24, 2.45) is 0 Å². The van der Waals surface area contributed by atoms with Crippen molar-refractivity contribution in [2.75, 3.05) is 20.3 Å². The summed E-state index contributed by atoms with van der Waals surface area (Å²) in [5.74, 6) is 1.20. The number of pyridine rings is 1. The third kappa shape index (κ3) is 4.87. The molecule has 0 saturated carbocycles. The first-order valence-electron chi connectivity index (χ1n) is 8.84. The number of H-pyrrole nitrogens is 1. The molecule has 1 heterocycles. The maximum atomic E-state index is 12.2. The van der Waals surface area contributed by atoms with Crippen LogP contribution in [0.5, 0.6) is 11.5 Å². The molecule has 0 fully saturated rings. The van der Waals surface area contributed by atoms with Crippen molar-refractivity contribution < 1.29 is 14.6 Å². The summed E-state index contributed by atoms with van der Waals surface area (Å²) >= 11 is 0. The Hall–Kier alpha value is -2.83. The molecule has 0 aliphatic heterocycles. The van der Waals surface area contributed by atoms with Crippen molar-refractivity contribution in [1.82, 2.24) is 10.3 Å². The van der Waals surface area contributed by atoms with Crippen LogP contribution in [0, 0.1) is 6.92 Å². The number of ether oxygens (including phenoxy) is 2. The van der Waals surface area contributed by atoms with Gasteiger partial charge >= 0.3 is 0 Å². The van der Waals surface area contributed by atoms with Crippen LogP contribution in [-0.4, -0.2) is 36.5 Å². The van der Waals surface area contributed by atoms with E-state index in [-0.39, 0.29) is 12.2 Å². The fourth-order valence-corrected chi connectivity index (χ4v) is 2.86. The molecule has 3 N–H and O–H groups in total. The third-order valence-electron chi connectivity index (χ3n) is 4.27. The van der Waals surface area contributed by atoms with Crippen molar-refractivity contribution in [2.45, 2.75) is 19.6 Å². The summed E-state index contributed by atoms with van der Waals surface area (Å²) < 4.78 is 10.8. The first-order chi connectivity index (χ1) is 13.1. The van der Waals surface area contributed by atoms with E-state index in [2.05, 4.69) is 10.3 Å². The maximum absolute atomic E-state index is 12.2. The summed E-state index contributed by atoms with van der Waals surface area (Å²) in [7, 11) is 1.57. The molecule has 0 spiro atoms. The first kappa shape index (κ1) is 18.9. The van der Waals surface area contributed by atoms with Crippen molar-refractivity contribution >= 4 is 10.9 Å². The minimum absolute atomic E-state index is 0.126. The zero-order chi connectivity index (χ0) is 19.2. The highest BCUT2D eigenvalue weighted by atomic mass is 16.5. The van der Waals surface area contributed by atoms with Gasteiger partial charge in [0.2, 0.25) is 0 Å². The largest absolute Gasteiger partial charge is 0.493 e. The molecule has 6 nitrogen and oxygen atoms in total. The SMILES string of the molecule is COc1ccccc1OC[C@H](O)CNCc1cc2cc(C)ccc2[nH]c1=O. The second kappa shape index (κ2) is 8.70. The molecule has 2 aromatic carbocycles. The molecule has 0 radical (unpaired) electrons. The van der Waals surface area contributed by atoms with Crippen LogP contribution in [0.2, 0.25) is 0 Å². The highest BCUT2D eigenvalue weighted by molar-refractivity contribution is 5.79. The van der Waals surface area contributed by atoms with E-state index < -0.39 is 6.10 Å². The Morgan fingerprint density at radius 3 is 2.70 bits per heavy atom. The Balaban J connectivity index is 1.54. The lowest BCUT2D eigenvalue weighted by molar-refractivity contribution is 0.104. The molecule has 0 aliphatic rings. The van der Waals surface area contributed by atoms with Crippen molar-refractivity contribution in [3.05, 3.63) is 70.0 Å². The quantitative estimate of drug-likeness (QED) is 0.569. The Morgan fingerprint density at radius 2 is 1.93 bits per heavy atom. The highest BCUT2D eigenvalue weighted by Gasteiger charge is 2.09. The Morgan fingerprint density at radius 1 is 1.15 bits per heavy atom. The van der Waals surface area contributed by atoms with Crippen LogP contribution in [0.4, 0.5) is 0 Å². The molecule has 0 bridgehead atoms. The van der Waals surface area contributed by atoms with Gasteiger partial charge in [-0.05, 0) is 42.6 Å². The number of aromatic amines is 1. The molecule has 6 heteroatoms. The van der Waals surface area contributed by atoms with Crippen LogP contribution < -0.4 is 20.3 Å². The van der Waals surface area contributed by atoms with Gasteiger partial charge in [-0.1, -0.05) is 23.8 Å². The van der Waals surface area contributed by atoms with Crippen molar-refractivity contribution in [1.29, 1.82) is 0 Å². The minimum Gasteiger partial charge on any atom is -0.493 e. The molecule has 1 aromatic heterocycles. The Bertz CT molecular complexity index is 968. The molecule has 142 valence electrons. The molecule has 0 aliphatic carbocycles. The van der Waals surface area contributed by atoms with E-state index >= 15 is 0 Å². The first-order valence-corrected chi connectivity index (χ1v) is 8.84. The highest BCUT2D eigenvalue weighted by Crippen LogP contribution is 2.25. The summed E-state index contributed by atoms with van der Waals surface area (Å²) in [5.41, 5.74) is 2.46. The predicted octanol–water partition coefficient (Wildman–Crippen LogP) is 2.37. The molecular formula is C21H24N2O4. The molecule has 3 rings (SSSR count). The number of nitrogens with one attached hydrogen (secondary N) is 2. The number of methoxy groups -OCH3 is 1. The monoisotopic (exact) mass is 368 g/mol. The van der Waals surface area contributed by atoms with Crippen LogP contribution >= 0.6 is 0 Å². The van der Waals surface area contributed by atoms with Gasteiger partial charge in [-0.15, -0.1) is 0 Å². The number of hydrogen-bond acceptors (Lipinski definition) is 5. The second-order valence-corrected chi connectivity index (χ2v) is 6.46. The number of fused-ring (bicyclic) bond motifs is 1. The van der Waals surface area contributed by atoms with Gasteiger partial charge in [-0.25, -0.2) is 0 Å². The zero-order valence-corrected chi connectivity index (χ0v) is 15.5. The van der Waals surface area contributed by atoms with Crippen molar-refractivity contribution in [3.8, 4) is 11.5 Å². The molecule has 0 amide bonds. The molecule has 0 saturated heterocycles. The van der Waals surface area contributed by atoms with E-state index in [4.69, 9.17) is 9.47 Å². The van der Waals surface area contributed by atoms with Crippen LogP contribution in [-0.2, 0) is 6.54 Å². The van der Waals surface area contributed by atoms with Crippen LogP contribution in [0.1, 0.15) is 11.1 Å². The number of aryl methyl sites for hydroxylation is 1. The fourth-order valence-electron chi connectivity index (χ4n) is 2.86. The van der Waals surface area contributed by atoms with E-state index in [1.165, 1.54) is 0 Å². The average molecular weight is 368 g/mol. The number of aromatic nitrogens is 1. The van der Waals surface area contributed by atoms with Crippen LogP contribution in [0.25, 0.3) is 10.9 Å². The number of aliphatic hydroxyl groups excluding tert-OH is 1. The Labute approximate surface area is 157 Å². The summed E-state index contributed by atoms with van der Waals surface area (Å²) in [6, 6.07) is 15.1. The fraction of sp³-hybridized carbons (Fsp3) is 0.286. The number of hydrogen-bond donors (Lipinski definition) is 3. The summed E-state index contributed by atoms with van der Waals surface area (Å²) in [5, 5.41) is 14.2. The lowest BCUT2D eigenvalue weighted by atomic mass is 10.1. The van der Waals surface area contributed by atoms with Gasteiger partial charge in [0.15, 0.2) is 11.5 Å². The summed E-state index contributed by atoms with van der Waals surface area (Å²) in [4.78, 5) is 15.1. The topological polar surface area (TPSA) is 83.6 Å². The van der Waals surface area contributed by atoms with Gasteiger partial charge in [0.1, 0.15) is 12.7 Å². The van der Waals surface area contributed by atoms with E-state index in [0.29, 0.717) is 30.2 Å². The number of benzene rings is 2. The maximum Gasteiger partial charge on any atom is 0.252 e. The van der Waals surface area contributed by atoms with Gasteiger partial charge in [0, 0.05) is 24.2 Å². The van der Waals surface area contributed by atoms with Gasteiger partial charge < -0.3 is 24.9 Å². The summed E-state index contributed by atoms with van der Waals surface area (Å²) in [6.45, 7) is 2.81. The lowest BCUT2D eigenvalue weighted by Gasteiger charge is -2.15. The smallest absolute Gasteiger partial charge is 0.252 e. The molecule has 3 aromatic rings. The molecule has 27 heavy (non-hydrogen) atoms. The minimum atomic E-state index is -0.711. The van der Waals surface area contributed by atoms with E-state index in [1.54, 1.807) is 19.2 Å². The zero-order valence-electron chi connectivity index (χ0n) is 15.5. The standard InChI is InChI=1S/C21H24N2O4/c1-14-7-8-18-15(9-14)10-16(21(25)23-18)11-22-12-17(24)13-27-20-6-4-3-5-19(20)26-2/h3-10,17,22,24H,11-13H2,1-2H3,(H,23,25)/t17-/m1/s1. The van der Waals surface area contributed by atoms with E-state index in [0.717, 1.165) is 16.5 Å². The number of aliphatic hydroxyl groups is 1. The average Bonchev–Trinajstić information content (AvgIpc) is 2.67. The van der Waals surface area contributed by atoms with Gasteiger partial charge in [-0.2, -0.15) is 0 Å².